The number of thiophene rings is 1. The van der Waals surface area contributed by atoms with E-state index < -0.39 is 0 Å². The van der Waals surface area contributed by atoms with Gasteiger partial charge < -0.3 is 10.6 Å². The predicted molar refractivity (Wildman–Crippen MR) is 68.7 cm³/mol. The molecule has 1 saturated heterocycles. The topological polar surface area (TPSA) is 70.2 Å². The SMILES string of the molecule is O=C1CNC(C(=O)NCc2sccc2Br)CN1. The molecule has 0 aromatic carbocycles. The van der Waals surface area contributed by atoms with Crippen LogP contribution in [0, 0.1) is 0 Å². The van der Waals surface area contributed by atoms with Crippen LogP contribution in [0.15, 0.2) is 15.9 Å². The maximum absolute atomic E-state index is 11.8. The minimum Gasteiger partial charge on any atom is -0.353 e. The van der Waals surface area contributed by atoms with Gasteiger partial charge in [-0.05, 0) is 27.4 Å². The largest absolute Gasteiger partial charge is 0.353 e. The number of rotatable bonds is 3. The first-order valence-electron chi connectivity index (χ1n) is 5.16. The summed E-state index contributed by atoms with van der Waals surface area (Å²) in [5, 5.41) is 10.3. The van der Waals surface area contributed by atoms with E-state index in [0.29, 0.717) is 13.1 Å². The van der Waals surface area contributed by atoms with Gasteiger partial charge in [-0.2, -0.15) is 0 Å². The average molecular weight is 318 g/mol. The van der Waals surface area contributed by atoms with Gasteiger partial charge in [0.15, 0.2) is 0 Å². The molecule has 1 atom stereocenters. The molecule has 2 heterocycles. The van der Waals surface area contributed by atoms with E-state index in [0.717, 1.165) is 9.35 Å². The lowest BCUT2D eigenvalue weighted by Gasteiger charge is -2.23. The molecule has 92 valence electrons. The summed E-state index contributed by atoms with van der Waals surface area (Å²) in [6.07, 6.45) is 0. The van der Waals surface area contributed by atoms with Crippen molar-refractivity contribution < 1.29 is 9.59 Å². The first kappa shape index (κ1) is 12.5. The fraction of sp³-hybridized carbons (Fsp3) is 0.400. The van der Waals surface area contributed by atoms with E-state index in [1.807, 2.05) is 11.4 Å². The Balaban J connectivity index is 1.81. The van der Waals surface area contributed by atoms with E-state index in [4.69, 9.17) is 0 Å². The molecule has 0 saturated carbocycles. The van der Waals surface area contributed by atoms with E-state index >= 15 is 0 Å². The fourth-order valence-electron chi connectivity index (χ4n) is 1.49. The minimum absolute atomic E-state index is 0.0740. The fourth-order valence-corrected chi connectivity index (χ4v) is 2.93. The van der Waals surface area contributed by atoms with Crippen molar-refractivity contribution in [3.8, 4) is 0 Å². The number of carbonyl (C=O) groups is 2. The van der Waals surface area contributed by atoms with Crippen molar-refractivity contribution in [1.29, 1.82) is 0 Å². The predicted octanol–water partition coefficient (Wildman–Crippen LogP) is 0.215. The number of hydrogen-bond acceptors (Lipinski definition) is 4. The van der Waals surface area contributed by atoms with Gasteiger partial charge in [-0.25, -0.2) is 0 Å². The molecule has 2 rings (SSSR count). The van der Waals surface area contributed by atoms with Crippen LogP contribution in [-0.4, -0.2) is 30.9 Å². The van der Waals surface area contributed by atoms with E-state index in [9.17, 15) is 9.59 Å². The molecule has 3 N–H and O–H groups in total. The van der Waals surface area contributed by atoms with E-state index in [1.54, 1.807) is 11.3 Å². The number of halogens is 1. The molecule has 5 nitrogen and oxygen atoms in total. The van der Waals surface area contributed by atoms with Crippen LogP contribution in [0.2, 0.25) is 0 Å². The van der Waals surface area contributed by atoms with Crippen LogP contribution < -0.4 is 16.0 Å². The molecule has 17 heavy (non-hydrogen) atoms. The van der Waals surface area contributed by atoms with Gasteiger partial charge in [0.25, 0.3) is 0 Å². The molecular formula is C10H12BrN3O2S. The standard InChI is InChI=1S/C10H12BrN3O2S/c11-6-1-2-17-8(6)4-14-10(16)7-3-13-9(15)5-12-7/h1-2,7,12H,3-5H2,(H,13,15)(H,14,16). The van der Waals surface area contributed by atoms with E-state index in [1.165, 1.54) is 0 Å². The number of nitrogens with one attached hydrogen (secondary N) is 3. The zero-order chi connectivity index (χ0) is 12.3. The van der Waals surface area contributed by atoms with Gasteiger partial charge in [0, 0.05) is 15.9 Å². The smallest absolute Gasteiger partial charge is 0.239 e. The lowest BCUT2D eigenvalue weighted by Crippen LogP contribution is -2.57. The second-order valence-corrected chi connectivity index (χ2v) is 5.50. The van der Waals surface area contributed by atoms with Gasteiger partial charge in [-0.3, -0.25) is 14.9 Å². The third kappa shape index (κ3) is 3.27. The minimum atomic E-state index is -0.341. The molecular weight excluding hydrogens is 306 g/mol. The summed E-state index contributed by atoms with van der Waals surface area (Å²) in [6.45, 7) is 1.04. The Morgan fingerprint density at radius 2 is 2.47 bits per heavy atom. The van der Waals surface area contributed by atoms with Crippen LogP contribution in [0.25, 0.3) is 0 Å². The molecule has 1 aromatic rings. The van der Waals surface area contributed by atoms with E-state index in [2.05, 4.69) is 31.9 Å². The Kier molecular flexibility index (Phi) is 4.14. The molecule has 2 amide bonds. The Hall–Kier alpha value is -0.920. The number of hydrogen-bond donors (Lipinski definition) is 3. The average Bonchev–Trinajstić information content (AvgIpc) is 2.73. The van der Waals surface area contributed by atoms with Crippen molar-refractivity contribution in [2.24, 2.45) is 0 Å². The van der Waals surface area contributed by atoms with Gasteiger partial charge in [0.1, 0.15) is 6.04 Å². The van der Waals surface area contributed by atoms with Crippen LogP contribution in [-0.2, 0) is 16.1 Å². The second-order valence-electron chi connectivity index (χ2n) is 3.65. The molecule has 1 fully saturated rings. The van der Waals surface area contributed by atoms with Gasteiger partial charge in [-0.15, -0.1) is 11.3 Å². The quantitative estimate of drug-likeness (QED) is 0.746. The summed E-state index contributed by atoms with van der Waals surface area (Å²) >= 11 is 4.99. The highest BCUT2D eigenvalue weighted by Gasteiger charge is 2.23. The summed E-state index contributed by atoms with van der Waals surface area (Å²) in [6, 6.07) is 1.61. The van der Waals surface area contributed by atoms with Crippen molar-refractivity contribution >= 4 is 39.1 Å². The molecule has 0 aliphatic carbocycles. The lowest BCUT2D eigenvalue weighted by molar-refractivity contribution is -0.126. The molecule has 1 aromatic heterocycles. The second kappa shape index (κ2) is 5.61. The first-order valence-corrected chi connectivity index (χ1v) is 6.84. The molecule has 0 radical (unpaired) electrons. The summed E-state index contributed by atoms with van der Waals surface area (Å²) < 4.78 is 1.01. The van der Waals surface area contributed by atoms with Gasteiger partial charge in [0.2, 0.25) is 11.8 Å². The van der Waals surface area contributed by atoms with Crippen LogP contribution in [0.4, 0.5) is 0 Å². The van der Waals surface area contributed by atoms with Gasteiger partial charge in [0.05, 0.1) is 13.1 Å². The number of carbonyl (C=O) groups excluding carboxylic acids is 2. The Labute approximate surface area is 111 Å². The third-order valence-corrected chi connectivity index (χ3v) is 4.37. The third-order valence-electron chi connectivity index (χ3n) is 2.44. The van der Waals surface area contributed by atoms with Crippen LogP contribution >= 0.6 is 27.3 Å². The van der Waals surface area contributed by atoms with Gasteiger partial charge in [-0.1, -0.05) is 0 Å². The maximum atomic E-state index is 11.8. The maximum Gasteiger partial charge on any atom is 0.239 e. The summed E-state index contributed by atoms with van der Waals surface area (Å²) in [4.78, 5) is 23.8. The molecule has 0 spiro atoms. The highest BCUT2D eigenvalue weighted by Crippen LogP contribution is 2.22. The van der Waals surface area contributed by atoms with Crippen LogP contribution in [0.5, 0.6) is 0 Å². The Morgan fingerprint density at radius 1 is 1.65 bits per heavy atom. The molecule has 1 aliphatic heterocycles. The van der Waals surface area contributed by atoms with Gasteiger partial charge >= 0.3 is 0 Å². The summed E-state index contributed by atoms with van der Waals surface area (Å²) in [5.41, 5.74) is 0. The van der Waals surface area contributed by atoms with Crippen molar-refractivity contribution in [2.75, 3.05) is 13.1 Å². The van der Waals surface area contributed by atoms with Crippen LogP contribution in [0.3, 0.4) is 0 Å². The lowest BCUT2D eigenvalue weighted by atomic mass is 10.2. The summed E-state index contributed by atoms with van der Waals surface area (Å²) in [7, 11) is 0. The van der Waals surface area contributed by atoms with E-state index in [-0.39, 0.29) is 24.4 Å². The van der Waals surface area contributed by atoms with Crippen LogP contribution in [0.1, 0.15) is 4.88 Å². The van der Waals surface area contributed by atoms with Crippen molar-refractivity contribution in [2.45, 2.75) is 12.6 Å². The molecule has 1 aliphatic rings. The number of amides is 2. The highest BCUT2D eigenvalue weighted by molar-refractivity contribution is 9.10. The zero-order valence-electron chi connectivity index (χ0n) is 8.96. The van der Waals surface area contributed by atoms with Crippen molar-refractivity contribution in [3.05, 3.63) is 20.8 Å². The Morgan fingerprint density at radius 3 is 3.06 bits per heavy atom. The van der Waals surface area contributed by atoms with Crippen molar-refractivity contribution in [1.82, 2.24) is 16.0 Å². The first-order chi connectivity index (χ1) is 8.16. The zero-order valence-corrected chi connectivity index (χ0v) is 11.4. The molecule has 0 bridgehead atoms. The molecule has 7 heteroatoms. The normalized spacial score (nSPS) is 19.8. The molecule has 1 unspecified atom stereocenters. The monoisotopic (exact) mass is 317 g/mol. The van der Waals surface area contributed by atoms with Crippen molar-refractivity contribution in [3.63, 3.8) is 0 Å². The summed E-state index contributed by atoms with van der Waals surface area (Å²) in [5.74, 6) is -0.166. The highest BCUT2D eigenvalue weighted by atomic mass is 79.9. The number of piperazine rings is 1. The Bertz CT molecular complexity index is 425.